The van der Waals surface area contributed by atoms with E-state index in [4.69, 9.17) is 0 Å². The lowest BCUT2D eigenvalue weighted by Gasteiger charge is -2.38. The highest BCUT2D eigenvalue weighted by atomic mass is 19.1. The molecule has 0 saturated carbocycles. The molecule has 0 spiro atoms. The number of anilines is 3. The van der Waals surface area contributed by atoms with Crippen LogP contribution in [0.1, 0.15) is 17.0 Å². The number of hydrogen-bond acceptors (Lipinski definition) is 6. The van der Waals surface area contributed by atoms with Crippen LogP contribution in [0, 0.1) is 19.7 Å². The highest BCUT2D eigenvalue weighted by Gasteiger charge is 2.28. The van der Waals surface area contributed by atoms with Gasteiger partial charge in [0, 0.05) is 51.2 Å². The first kappa shape index (κ1) is 20.1. The summed E-state index contributed by atoms with van der Waals surface area (Å²) in [6.07, 6.45) is 0.738. The second-order valence-corrected chi connectivity index (χ2v) is 7.78. The van der Waals surface area contributed by atoms with Crippen LogP contribution in [0.25, 0.3) is 0 Å². The molecule has 1 aromatic heterocycles. The van der Waals surface area contributed by atoms with Gasteiger partial charge < -0.3 is 15.1 Å². The van der Waals surface area contributed by atoms with E-state index in [2.05, 4.69) is 15.3 Å². The molecular weight excluding hydrogens is 385 g/mol. The van der Waals surface area contributed by atoms with Gasteiger partial charge >= 0.3 is 0 Å². The molecule has 7 nitrogen and oxygen atoms in total. The minimum Gasteiger partial charge on any atom is -0.380 e. The zero-order valence-electron chi connectivity index (χ0n) is 17.5. The summed E-state index contributed by atoms with van der Waals surface area (Å²) < 4.78 is 15.0. The van der Waals surface area contributed by atoms with Gasteiger partial charge in [-0.15, -0.1) is 0 Å². The van der Waals surface area contributed by atoms with Crippen LogP contribution in [0.5, 0.6) is 0 Å². The van der Waals surface area contributed by atoms with Crippen LogP contribution >= 0.6 is 0 Å². The van der Waals surface area contributed by atoms with E-state index in [1.165, 1.54) is 12.1 Å². The fraction of sp³-hybridized carbons (Fsp3) is 0.409. The van der Waals surface area contributed by atoms with Gasteiger partial charge in [0.2, 0.25) is 0 Å². The lowest BCUT2D eigenvalue weighted by molar-refractivity contribution is 0.624. The van der Waals surface area contributed by atoms with Gasteiger partial charge in [0.15, 0.2) is 0 Å². The number of benzene rings is 1. The standard InChI is InChI=1S/C22H26FN5O2/c1-14-18(15(2)26(3)25-14)8-9-24-19-20(22(30)21(19)29)28-12-10-27(11-13-28)17-6-4-16(23)5-7-17/h4-7,24H,8-13H2,1-3H3. The van der Waals surface area contributed by atoms with Gasteiger partial charge in [0.05, 0.1) is 5.69 Å². The molecule has 0 radical (unpaired) electrons. The normalized spacial score (nSPS) is 14.5. The maximum atomic E-state index is 13.1. The van der Waals surface area contributed by atoms with Crippen LogP contribution in [0.3, 0.4) is 0 Å². The first-order chi connectivity index (χ1) is 14.4. The van der Waals surface area contributed by atoms with Gasteiger partial charge in [-0.05, 0) is 50.1 Å². The number of aryl methyl sites for hydroxylation is 2. The van der Waals surface area contributed by atoms with E-state index in [0.717, 1.165) is 29.1 Å². The van der Waals surface area contributed by atoms with Crippen molar-refractivity contribution in [2.45, 2.75) is 20.3 Å². The lowest BCUT2D eigenvalue weighted by atomic mass is 10.1. The van der Waals surface area contributed by atoms with Crippen molar-refractivity contribution in [2.75, 3.05) is 47.8 Å². The SMILES string of the molecule is Cc1nn(C)c(C)c1CCNc1c(N2CCN(c3ccc(F)cc3)CC2)c(=O)c1=O. The summed E-state index contributed by atoms with van der Waals surface area (Å²) in [6.45, 7) is 7.26. The first-order valence-corrected chi connectivity index (χ1v) is 10.2. The molecule has 2 heterocycles. The Labute approximate surface area is 174 Å². The van der Waals surface area contributed by atoms with Crippen LogP contribution in [-0.4, -0.2) is 42.5 Å². The molecule has 1 aliphatic rings. The number of piperazine rings is 1. The fourth-order valence-corrected chi connectivity index (χ4v) is 4.18. The Morgan fingerprint density at radius 2 is 1.63 bits per heavy atom. The molecular formula is C22H26FN5O2. The smallest absolute Gasteiger partial charge is 0.253 e. The fourth-order valence-electron chi connectivity index (χ4n) is 4.18. The van der Waals surface area contributed by atoms with Gasteiger partial charge in [-0.2, -0.15) is 5.10 Å². The Hall–Kier alpha value is -3.16. The molecule has 0 atom stereocenters. The van der Waals surface area contributed by atoms with Crippen LogP contribution in [0.4, 0.5) is 21.5 Å². The third-order valence-corrected chi connectivity index (χ3v) is 6.01. The molecule has 0 bridgehead atoms. The number of hydrogen-bond donors (Lipinski definition) is 1. The molecule has 0 aliphatic carbocycles. The van der Waals surface area contributed by atoms with Gasteiger partial charge in [-0.1, -0.05) is 0 Å². The van der Waals surface area contributed by atoms with E-state index >= 15 is 0 Å². The minimum absolute atomic E-state index is 0.256. The summed E-state index contributed by atoms with van der Waals surface area (Å²) >= 11 is 0. The molecule has 0 unspecified atom stereocenters. The first-order valence-electron chi connectivity index (χ1n) is 10.2. The van der Waals surface area contributed by atoms with E-state index in [1.54, 1.807) is 12.1 Å². The second kappa shape index (κ2) is 7.93. The molecule has 8 heteroatoms. The largest absolute Gasteiger partial charge is 0.380 e. The van der Waals surface area contributed by atoms with Gasteiger partial charge in [0.25, 0.3) is 10.9 Å². The van der Waals surface area contributed by atoms with E-state index in [1.807, 2.05) is 30.5 Å². The zero-order chi connectivity index (χ0) is 21.4. The minimum atomic E-state index is -0.439. The van der Waals surface area contributed by atoms with Crippen molar-refractivity contribution in [3.05, 3.63) is 67.5 Å². The van der Waals surface area contributed by atoms with Crippen LogP contribution in [0.15, 0.2) is 33.9 Å². The number of nitrogens with one attached hydrogen (secondary N) is 1. The summed E-state index contributed by atoms with van der Waals surface area (Å²) in [5.74, 6) is -0.256. The molecule has 1 saturated heterocycles. The van der Waals surface area contributed by atoms with E-state index in [9.17, 15) is 14.0 Å². The summed E-state index contributed by atoms with van der Waals surface area (Å²) in [5.41, 5.74) is 4.29. The average molecular weight is 411 g/mol. The van der Waals surface area contributed by atoms with Crippen molar-refractivity contribution in [2.24, 2.45) is 7.05 Å². The Kier molecular flexibility index (Phi) is 5.32. The van der Waals surface area contributed by atoms with Crippen molar-refractivity contribution >= 4 is 17.1 Å². The molecule has 1 N–H and O–H groups in total. The second-order valence-electron chi connectivity index (χ2n) is 7.78. The molecule has 1 aliphatic heterocycles. The van der Waals surface area contributed by atoms with Gasteiger partial charge in [0.1, 0.15) is 17.2 Å². The van der Waals surface area contributed by atoms with Crippen LogP contribution in [-0.2, 0) is 13.5 Å². The third kappa shape index (κ3) is 3.58. The van der Waals surface area contributed by atoms with Crippen molar-refractivity contribution in [3.8, 4) is 0 Å². The van der Waals surface area contributed by atoms with Crippen molar-refractivity contribution < 1.29 is 4.39 Å². The topological polar surface area (TPSA) is 70.5 Å². The predicted molar refractivity (Wildman–Crippen MR) is 117 cm³/mol. The van der Waals surface area contributed by atoms with Crippen LogP contribution < -0.4 is 26.0 Å². The molecule has 0 amide bonds. The maximum absolute atomic E-state index is 13.1. The van der Waals surface area contributed by atoms with Crippen molar-refractivity contribution in [3.63, 3.8) is 0 Å². The van der Waals surface area contributed by atoms with Crippen LogP contribution in [0.2, 0.25) is 0 Å². The molecule has 3 aromatic rings. The summed E-state index contributed by atoms with van der Waals surface area (Å²) in [4.78, 5) is 28.5. The summed E-state index contributed by atoms with van der Waals surface area (Å²) in [5, 5.41) is 7.60. The highest BCUT2D eigenvalue weighted by Crippen LogP contribution is 2.24. The summed E-state index contributed by atoms with van der Waals surface area (Å²) in [6, 6.07) is 6.42. The van der Waals surface area contributed by atoms with Gasteiger partial charge in [-0.25, -0.2) is 4.39 Å². The molecule has 158 valence electrons. The van der Waals surface area contributed by atoms with Crippen molar-refractivity contribution in [1.29, 1.82) is 0 Å². The third-order valence-electron chi connectivity index (χ3n) is 6.01. The molecule has 4 rings (SSSR count). The Morgan fingerprint density at radius 3 is 2.23 bits per heavy atom. The quantitative estimate of drug-likeness (QED) is 0.624. The molecule has 1 fully saturated rings. The van der Waals surface area contributed by atoms with E-state index in [0.29, 0.717) is 44.1 Å². The predicted octanol–water partition coefficient (Wildman–Crippen LogP) is 1.75. The van der Waals surface area contributed by atoms with Gasteiger partial charge in [-0.3, -0.25) is 14.3 Å². The summed E-state index contributed by atoms with van der Waals surface area (Å²) in [7, 11) is 1.92. The molecule has 2 aromatic carbocycles. The number of rotatable bonds is 6. The van der Waals surface area contributed by atoms with E-state index in [-0.39, 0.29) is 5.82 Å². The Bertz CT molecular complexity index is 1120. The lowest BCUT2D eigenvalue weighted by Crippen LogP contribution is -2.51. The Morgan fingerprint density at radius 1 is 1.00 bits per heavy atom. The monoisotopic (exact) mass is 411 g/mol. The number of halogens is 1. The average Bonchev–Trinajstić information content (AvgIpc) is 2.99. The number of nitrogens with zero attached hydrogens (tertiary/aromatic N) is 4. The Balaban J connectivity index is 1.39. The maximum Gasteiger partial charge on any atom is 0.253 e. The highest BCUT2D eigenvalue weighted by molar-refractivity contribution is 5.75. The van der Waals surface area contributed by atoms with Crippen molar-refractivity contribution in [1.82, 2.24) is 9.78 Å². The molecule has 30 heavy (non-hydrogen) atoms. The zero-order valence-corrected chi connectivity index (χ0v) is 17.5. The number of aromatic nitrogens is 2. The van der Waals surface area contributed by atoms with E-state index < -0.39 is 10.9 Å².